The van der Waals surface area contributed by atoms with Crippen LogP contribution in [-0.2, 0) is 6.42 Å². The van der Waals surface area contributed by atoms with Gasteiger partial charge < -0.3 is 20.1 Å². The predicted molar refractivity (Wildman–Crippen MR) is 112 cm³/mol. The minimum absolute atomic E-state index is 0.632. The molecule has 1 heterocycles. The Balaban J connectivity index is 1.68. The molecule has 0 aliphatic rings. The highest BCUT2D eigenvalue weighted by Gasteiger charge is 2.04. The Morgan fingerprint density at radius 2 is 1.89 bits per heavy atom. The van der Waals surface area contributed by atoms with Crippen LogP contribution in [0.2, 0.25) is 0 Å². The molecule has 0 spiro atoms. The van der Waals surface area contributed by atoms with Crippen LogP contribution in [0, 0.1) is 13.8 Å². The molecule has 6 nitrogen and oxygen atoms in total. The maximum atomic E-state index is 5.73. The fraction of sp³-hybridized carbons (Fsp3) is 0.500. The zero-order chi connectivity index (χ0) is 19.5. The molecule has 0 fully saturated rings. The van der Waals surface area contributed by atoms with E-state index in [0.717, 1.165) is 49.1 Å². The lowest BCUT2D eigenvalue weighted by atomic mass is 10.3. The second-order valence-corrected chi connectivity index (χ2v) is 7.35. The minimum Gasteiger partial charge on any atom is -0.497 e. The van der Waals surface area contributed by atoms with E-state index in [0.29, 0.717) is 13.2 Å². The molecule has 0 saturated heterocycles. The number of benzene rings is 1. The number of nitrogens with zero attached hydrogens (tertiary/aromatic N) is 2. The lowest BCUT2D eigenvalue weighted by Gasteiger charge is -2.11. The van der Waals surface area contributed by atoms with Crippen molar-refractivity contribution in [2.45, 2.75) is 33.6 Å². The van der Waals surface area contributed by atoms with E-state index in [1.54, 1.807) is 18.4 Å². The van der Waals surface area contributed by atoms with Gasteiger partial charge in [-0.25, -0.2) is 4.98 Å². The lowest BCUT2D eigenvalue weighted by molar-refractivity contribution is 0.312. The van der Waals surface area contributed by atoms with Crippen molar-refractivity contribution in [3.63, 3.8) is 0 Å². The Morgan fingerprint density at radius 1 is 1.15 bits per heavy atom. The first kappa shape index (κ1) is 21.0. The molecule has 0 aliphatic carbocycles. The molecule has 1 aromatic heterocycles. The monoisotopic (exact) mass is 390 g/mol. The van der Waals surface area contributed by atoms with Gasteiger partial charge in [0.25, 0.3) is 0 Å². The number of ether oxygens (including phenoxy) is 2. The van der Waals surface area contributed by atoms with Crippen molar-refractivity contribution in [1.82, 2.24) is 15.6 Å². The second-order valence-electron chi connectivity index (χ2n) is 6.06. The molecule has 27 heavy (non-hydrogen) atoms. The third kappa shape index (κ3) is 7.46. The van der Waals surface area contributed by atoms with E-state index in [1.165, 1.54) is 9.88 Å². The van der Waals surface area contributed by atoms with Gasteiger partial charge in [-0.05, 0) is 45.0 Å². The number of hydrogen-bond donors (Lipinski definition) is 2. The van der Waals surface area contributed by atoms with Gasteiger partial charge in [0.05, 0.1) is 24.4 Å². The standard InChI is InChI=1S/C20H30N4O2S/c1-5-21-20(23-13-11-19-24-15(2)16(3)27-19)22-12-6-14-26-18-9-7-17(25-4)8-10-18/h7-10H,5-6,11-14H2,1-4H3,(H2,21,22,23). The van der Waals surface area contributed by atoms with E-state index >= 15 is 0 Å². The van der Waals surface area contributed by atoms with Crippen LogP contribution in [0.25, 0.3) is 0 Å². The van der Waals surface area contributed by atoms with Gasteiger partial charge in [0.15, 0.2) is 5.96 Å². The average molecular weight is 391 g/mol. The highest BCUT2D eigenvalue weighted by atomic mass is 32.1. The number of guanidine groups is 1. The molecule has 148 valence electrons. The summed E-state index contributed by atoms with van der Waals surface area (Å²) in [7, 11) is 1.66. The van der Waals surface area contributed by atoms with E-state index in [9.17, 15) is 0 Å². The van der Waals surface area contributed by atoms with Crippen molar-refractivity contribution in [3.8, 4) is 11.5 Å². The van der Waals surface area contributed by atoms with Crippen LogP contribution in [0.1, 0.15) is 28.9 Å². The number of aromatic nitrogens is 1. The highest BCUT2D eigenvalue weighted by Crippen LogP contribution is 2.17. The SMILES string of the molecule is CCNC(=NCCCOc1ccc(OC)cc1)NCCc1nc(C)c(C)s1. The summed E-state index contributed by atoms with van der Waals surface area (Å²) in [5, 5.41) is 7.81. The fourth-order valence-corrected chi connectivity index (χ4v) is 3.33. The lowest BCUT2D eigenvalue weighted by Crippen LogP contribution is -2.38. The van der Waals surface area contributed by atoms with Gasteiger partial charge in [0, 0.05) is 37.4 Å². The Bertz CT molecular complexity index is 694. The molecule has 0 bridgehead atoms. The maximum absolute atomic E-state index is 5.73. The summed E-state index contributed by atoms with van der Waals surface area (Å²) in [5.41, 5.74) is 1.13. The third-order valence-corrected chi connectivity index (χ3v) is 5.08. The van der Waals surface area contributed by atoms with E-state index in [-0.39, 0.29) is 0 Å². The van der Waals surface area contributed by atoms with Crippen molar-refractivity contribution < 1.29 is 9.47 Å². The van der Waals surface area contributed by atoms with Gasteiger partial charge >= 0.3 is 0 Å². The molecule has 2 aromatic rings. The first-order chi connectivity index (χ1) is 13.1. The van der Waals surface area contributed by atoms with Crippen LogP contribution in [0.15, 0.2) is 29.3 Å². The number of hydrogen-bond acceptors (Lipinski definition) is 5. The average Bonchev–Trinajstić information content (AvgIpc) is 2.99. The van der Waals surface area contributed by atoms with Crippen molar-refractivity contribution in [3.05, 3.63) is 39.8 Å². The van der Waals surface area contributed by atoms with Gasteiger partial charge in [-0.15, -0.1) is 11.3 Å². The van der Waals surface area contributed by atoms with Gasteiger partial charge in [0.1, 0.15) is 11.5 Å². The Hall–Kier alpha value is -2.28. The Labute approximate surface area is 166 Å². The van der Waals surface area contributed by atoms with E-state index < -0.39 is 0 Å². The molecule has 0 atom stereocenters. The van der Waals surface area contributed by atoms with Crippen LogP contribution >= 0.6 is 11.3 Å². The molecule has 2 N–H and O–H groups in total. The minimum atomic E-state index is 0.632. The molecular formula is C20H30N4O2S. The van der Waals surface area contributed by atoms with Crippen LogP contribution < -0.4 is 20.1 Å². The summed E-state index contributed by atoms with van der Waals surface area (Å²) in [6.45, 7) is 9.24. The topological polar surface area (TPSA) is 67.8 Å². The van der Waals surface area contributed by atoms with E-state index in [1.807, 2.05) is 24.3 Å². The summed E-state index contributed by atoms with van der Waals surface area (Å²) in [6.07, 6.45) is 1.76. The fourth-order valence-electron chi connectivity index (χ4n) is 2.39. The van der Waals surface area contributed by atoms with Crippen LogP contribution in [0.4, 0.5) is 0 Å². The summed E-state index contributed by atoms with van der Waals surface area (Å²) in [4.78, 5) is 10.5. The molecule has 2 rings (SSSR count). The Kier molecular flexibility index (Phi) is 8.91. The number of aliphatic imine (C=N–C) groups is 1. The number of thiazole rings is 1. The van der Waals surface area contributed by atoms with Crippen LogP contribution in [-0.4, -0.2) is 44.3 Å². The number of rotatable bonds is 10. The van der Waals surface area contributed by atoms with E-state index in [4.69, 9.17) is 9.47 Å². The molecule has 1 aromatic carbocycles. The summed E-state index contributed by atoms with van der Waals surface area (Å²) < 4.78 is 10.9. The molecule has 0 unspecified atom stereocenters. The van der Waals surface area contributed by atoms with Crippen molar-refractivity contribution in [1.29, 1.82) is 0 Å². The maximum Gasteiger partial charge on any atom is 0.191 e. The molecular weight excluding hydrogens is 360 g/mol. The van der Waals surface area contributed by atoms with Crippen molar-refractivity contribution in [2.75, 3.05) is 33.4 Å². The van der Waals surface area contributed by atoms with Crippen LogP contribution in [0.3, 0.4) is 0 Å². The number of nitrogens with one attached hydrogen (secondary N) is 2. The first-order valence-corrected chi connectivity index (χ1v) is 10.2. The van der Waals surface area contributed by atoms with Crippen LogP contribution in [0.5, 0.6) is 11.5 Å². The first-order valence-electron chi connectivity index (χ1n) is 9.34. The van der Waals surface area contributed by atoms with Crippen molar-refractivity contribution >= 4 is 17.3 Å². The zero-order valence-corrected chi connectivity index (χ0v) is 17.5. The smallest absolute Gasteiger partial charge is 0.191 e. The van der Waals surface area contributed by atoms with Gasteiger partial charge in [-0.1, -0.05) is 0 Å². The van der Waals surface area contributed by atoms with Gasteiger partial charge in [-0.2, -0.15) is 0 Å². The normalized spacial score (nSPS) is 11.3. The molecule has 0 saturated carbocycles. The molecule has 7 heteroatoms. The predicted octanol–water partition coefficient (Wildman–Crippen LogP) is 3.34. The van der Waals surface area contributed by atoms with E-state index in [2.05, 4.69) is 41.4 Å². The molecule has 0 aliphatic heterocycles. The zero-order valence-electron chi connectivity index (χ0n) is 16.7. The summed E-state index contributed by atoms with van der Waals surface area (Å²) in [5.74, 6) is 2.52. The summed E-state index contributed by atoms with van der Waals surface area (Å²) in [6, 6.07) is 7.61. The third-order valence-electron chi connectivity index (χ3n) is 3.95. The number of methoxy groups -OCH3 is 1. The summed E-state index contributed by atoms with van der Waals surface area (Å²) >= 11 is 1.77. The molecule has 0 radical (unpaired) electrons. The Morgan fingerprint density at radius 3 is 2.52 bits per heavy atom. The number of aryl methyl sites for hydroxylation is 2. The van der Waals surface area contributed by atoms with Gasteiger partial charge in [-0.3, -0.25) is 4.99 Å². The quantitative estimate of drug-likeness (QED) is 0.370. The molecule has 0 amide bonds. The second kappa shape index (κ2) is 11.4. The van der Waals surface area contributed by atoms with Gasteiger partial charge in [0.2, 0.25) is 0 Å². The largest absolute Gasteiger partial charge is 0.497 e. The highest BCUT2D eigenvalue weighted by molar-refractivity contribution is 7.11. The van der Waals surface area contributed by atoms with Crippen molar-refractivity contribution in [2.24, 2.45) is 4.99 Å².